The third kappa shape index (κ3) is 3.52. The predicted octanol–water partition coefficient (Wildman–Crippen LogP) is 4.01. The molecule has 1 N–H and O–H groups in total. The molecular formula is C16H21BrN4. The van der Waals surface area contributed by atoms with Gasteiger partial charge in [0.25, 0.3) is 0 Å². The largest absolute Gasteiger partial charge is 0.303 e. The average molecular weight is 349 g/mol. The maximum Gasteiger partial charge on any atom is 0.0571 e. The summed E-state index contributed by atoms with van der Waals surface area (Å²) >= 11 is 3.42. The molecule has 0 saturated heterocycles. The van der Waals surface area contributed by atoms with Crippen molar-refractivity contribution in [3.63, 3.8) is 0 Å². The standard InChI is InChI=1S/C16H21BrN4/c1-12(16-7-6-13(17)10-19-16)18-11-15-8-9-20-21(15)14-4-2-3-5-14/h6-10,12,14,18H,2-5,11H2,1H3. The van der Waals surface area contributed by atoms with Gasteiger partial charge in [-0.1, -0.05) is 12.8 Å². The first-order valence-electron chi connectivity index (χ1n) is 7.61. The highest BCUT2D eigenvalue weighted by atomic mass is 79.9. The van der Waals surface area contributed by atoms with Gasteiger partial charge in [-0.05, 0) is 53.9 Å². The SMILES string of the molecule is CC(NCc1ccnn1C1CCCC1)c1ccc(Br)cn1. The Labute approximate surface area is 134 Å². The van der Waals surface area contributed by atoms with Gasteiger partial charge in [-0.3, -0.25) is 9.67 Å². The number of aromatic nitrogens is 3. The quantitative estimate of drug-likeness (QED) is 0.887. The topological polar surface area (TPSA) is 42.7 Å². The van der Waals surface area contributed by atoms with Crippen molar-refractivity contribution in [1.29, 1.82) is 0 Å². The summed E-state index contributed by atoms with van der Waals surface area (Å²) in [5.41, 5.74) is 2.33. The molecule has 1 atom stereocenters. The first-order chi connectivity index (χ1) is 10.2. The summed E-state index contributed by atoms with van der Waals surface area (Å²) in [6.45, 7) is 2.97. The summed E-state index contributed by atoms with van der Waals surface area (Å²) in [6.07, 6.45) is 8.94. The lowest BCUT2D eigenvalue weighted by Gasteiger charge is -2.17. The highest BCUT2D eigenvalue weighted by Gasteiger charge is 2.19. The summed E-state index contributed by atoms with van der Waals surface area (Å²) in [4.78, 5) is 4.45. The van der Waals surface area contributed by atoms with Crippen LogP contribution >= 0.6 is 15.9 Å². The lowest BCUT2D eigenvalue weighted by Crippen LogP contribution is -2.22. The van der Waals surface area contributed by atoms with Crippen LogP contribution in [0.5, 0.6) is 0 Å². The fraction of sp³-hybridized carbons (Fsp3) is 0.500. The van der Waals surface area contributed by atoms with Crippen LogP contribution in [0.15, 0.2) is 35.1 Å². The van der Waals surface area contributed by atoms with Crippen LogP contribution in [0.4, 0.5) is 0 Å². The van der Waals surface area contributed by atoms with E-state index in [4.69, 9.17) is 0 Å². The fourth-order valence-electron chi connectivity index (χ4n) is 2.96. The highest BCUT2D eigenvalue weighted by Crippen LogP contribution is 2.29. The molecular weight excluding hydrogens is 328 g/mol. The van der Waals surface area contributed by atoms with Gasteiger partial charge in [0.15, 0.2) is 0 Å². The number of pyridine rings is 1. The van der Waals surface area contributed by atoms with E-state index in [1.165, 1.54) is 31.4 Å². The highest BCUT2D eigenvalue weighted by molar-refractivity contribution is 9.10. The molecule has 1 aliphatic rings. The Balaban J connectivity index is 1.62. The zero-order valence-corrected chi connectivity index (χ0v) is 13.9. The van der Waals surface area contributed by atoms with E-state index in [2.05, 4.69) is 55.1 Å². The van der Waals surface area contributed by atoms with Crippen molar-refractivity contribution in [2.45, 2.75) is 51.2 Å². The fourth-order valence-corrected chi connectivity index (χ4v) is 3.20. The number of halogens is 1. The molecule has 4 nitrogen and oxygen atoms in total. The van der Waals surface area contributed by atoms with Gasteiger partial charge in [0, 0.05) is 29.5 Å². The molecule has 5 heteroatoms. The Morgan fingerprint density at radius 3 is 2.86 bits per heavy atom. The Bertz CT molecular complexity index is 572. The van der Waals surface area contributed by atoms with Crippen molar-refractivity contribution in [3.05, 3.63) is 46.5 Å². The number of nitrogens with one attached hydrogen (secondary N) is 1. The van der Waals surface area contributed by atoms with Gasteiger partial charge < -0.3 is 5.32 Å². The molecule has 21 heavy (non-hydrogen) atoms. The van der Waals surface area contributed by atoms with Crippen LogP contribution in [0.25, 0.3) is 0 Å². The maximum absolute atomic E-state index is 4.52. The van der Waals surface area contributed by atoms with E-state index in [0.29, 0.717) is 6.04 Å². The third-order valence-electron chi connectivity index (χ3n) is 4.21. The number of nitrogens with zero attached hydrogens (tertiary/aromatic N) is 3. The van der Waals surface area contributed by atoms with Crippen LogP contribution in [-0.2, 0) is 6.54 Å². The van der Waals surface area contributed by atoms with Crippen LogP contribution in [-0.4, -0.2) is 14.8 Å². The first kappa shape index (κ1) is 14.7. The molecule has 1 aliphatic carbocycles. The molecule has 112 valence electrons. The summed E-state index contributed by atoms with van der Waals surface area (Å²) < 4.78 is 3.22. The summed E-state index contributed by atoms with van der Waals surface area (Å²) in [5, 5.41) is 8.06. The molecule has 3 rings (SSSR count). The van der Waals surface area contributed by atoms with Crippen LogP contribution in [0.2, 0.25) is 0 Å². The summed E-state index contributed by atoms with van der Waals surface area (Å²) in [7, 11) is 0. The Kier molecular flexibility index (Phi) is 4.70. The smallest absolute Gasteiger partial charge is 0.0571 e. The molecule has 0 aromatic carbocycles. The predicted molar refractivity (Wildman–Crippen MR) is 86.9 cm³/mol. The molecule has 2 heterocycles. The molecule has 0 amide bonds. The van der Waals surface area contributed by atoms with Crippen LogP contribution in [0, 0.1) is 0 Å². The minimum atomic E-state index is 0.227. The summed E-state index contributed by atoms with van der Waals surface area (Å²) in [6, 6.07) is 7.02. The second-order valence-electron chi connectivity index (χ2n) is 5.71. The molecule has 0 bridgehead atoms. The number of rotatable bonds is 5. The van der Waals surface area contributed by atoms with Crippen molar-refractivity contribution in [2.24, 2.45) is 0 Å². The maximum atomic E-state index is 4.52. The summed E-state index contributed by atoms with van der Waals surface area (Å²) in [5.74, 6) is 0. The van der Waals surface area contributed by atoms with E-state index in [-0.39, 0.29) is 6.04 Å². The second-order valence-corrected chi connectivity index (χ2v) is 6.62. The number of hydrogen-bond donors (Lipinski definition) is 1. The van der Waals surface area contributed by atoms with E-state index in [9.17, 15) is 0 Å². The molecule has 2 aromatic heterocycles. The van der Waals surface area contributed by atoms with E-state index in [1.54, 1.807) is 0 Å². The number of hydrogen-bond acceptors (Lipinski definition) is 3. The van der Waals surface area contributed by atoms with Crippen molar-refractivity contribution in [1.82, 2.24) is 20.1 Å². The van der Waals surface area contributed by atoms with Gasteiger partial charge in [0.2, 0.25) is 0 Å². The van der Waals surface area contributed by atoms with Crippen molar-refractivity contribution in [2.75, 3.05) is 0 Å². The van der Waals surface area contributed by atoms with Gasteiger partial charge in [0.1, 0.15) is 0 Å². The molecule has 0 aliphatic heterocycles. The minimum Gasteiger partial charge on any atom is -0.303 e. The van der Waals surface area contributed by atoms with Gasteiger partial charge in [-0.2, -0.15) is 5.10 Å². The normalized spacial score (nSPS) is 17.2. The molecule has 1 fully saturated rings. The molecule has 2 aromatic rings. The van der Waals surface area contributed by atoms with Crippen LogP contribution in [0.3, 0.4) is 0 Å². The van der Waals surface area contributed by atoms with Gasteiger partial charge in [-0.15, -0.1) is 0 Å². The zero-order chi connectivity index (χ0) is 14.7. The molecule has 1 saturated carbocycles. The Morgan fingerprint density at radius 1 is 1.33 bits per heavy atom. The van der Waals surface area contributed by atoms with Crippen LogP contribution in [0.1, 0.15) is 56.1 Å². The van der Waals surface area contributed by atoms with Crippen molar-refractivity contribution < 1.29 is 0 Å². The molecule has 0 spiro atoms. The van der Waals surface area contributed by atoms with Gasteiger partial charge in [0.05, 0.1) is 17.4 Å². The Hall–Kier alpha value is -1.20. The van der Waals surface area contributed by atoms with E-state index >= 15 is 0 Å². The van der Waals surface area contributed by atoms with Gasteiger partial charge in [-0.25, -0.2) is 0 Å². The second kappa shape index (κ2) is 6.71. The van der Waals surface area contributed by atoms with Crippen LogP contribution < -0.4 is 5.32 Å². The van der Waals surface area contributed by atoms with Crippen molar-refractivity contribution in [3.8, 4) is 0 Å². The van der Waals surface area contributed by atoms with Crippen molar-refractivity contribution >= 4 is 15.9 Å². The third-order valence-corrected chi connectivity index (χ3v) is 4.68. The molecule has 0 radical (unpaired) electrons. The van der Waals surface area contributed by atoms with Gasteiger partial charge >= 0.3 is 0 Å². The monoisotopic (exact) mass is 348 g/mol. The average Bonchev–Trinajstić information content (AvgIpc) is 3.16. The minimum absolute atomic E-state index is 0.227. The first-order valence-corrected chi connectivity index (χ1v) is 8.40. The van der Waals surface area contributed by atoms with E-state index in [1.807, 2.05) is 18.5 Å². The zero-order valence-electron chi connectivity index (χ0n) is 12.3. The molecule has 1 unspecified atom stereocenters. The van der Waals surface area contributed by atoms with E-state index < -0.39 is 0 Å². The lowest BCUT2D eigenvalue weighted by atomic mass is 10.2. The Morgan fingerprint density at radius 2 is 2.14 bits per heavy atom. The lowest BCUT2D eigenvalue weighted by molar-refractivity contribution is 0.434. The van der Waals surface area contributed by atoms with E-state index in [0.717, 1.165) is 16.7 Å².